The van der Waals surface area contributed by atoms with Crippen LogP contribution in [0.15, 0.2) is 36.5 Å². The number of fused-ring (bicyclic) bond motifs is 2. The van der Waals surface area contributed by atoms with Crippen molar-refractivity contribution in [1.82, 2.24) is 10.3 Å². The van der Waals surface area contributed by atoms with Gasteiger partial charge >= 0.3 is 6.18 Å². The number of nitrogens with zero attached hydrogens (tertiary/aromatic N) is 1. The van der Waals surface area contributed by atoms with Gasteiger partial charge in [0.2, 0.25) is 0 Å². The monoisotopic (exact) mass is 480 g/mol. The van der Waals surface area contributed by atoms with Crippen molar-refractivity contribution in [1.29, 1.82) is 5.41 Å². The lowest BCUT2D eigenvalue weighted by Crippen LogP contribution is -2.65. The van der Waals surface area contributed by atoms with Crippen molar-refractivity contribution in [2.45, 2.75) is 49.6 Å². The van der Waals surface area contributed by atoms with Crippen LogP contribution in [0.5, 0.6) is 0 Å². The Balaban J connectivity index is 1.64. The minimum absolute atomic E-state index is 0.0787. The summed E-state index contributed by atoms with van der Waals surface area (Å²) >= 11 is 0. The van der Waals surface area contributed by atoms with Gasteiger partial charge in [-0.2, -0.15) is 13.2 Å². The molecule has 0 radical (unpaired) electrons. The molecule has 3 N–H and O–H groups in total. The van der Waals surface area contributed by atoms with Crippen LogP contribution in [0.25, 0.3) is 0 Å². The highest BCUT2D eigenvalue weighted by Gasteiger charge is 2.53. The van der Waals surface area contributed by atoms with E-state index in [2.05, 4.69) is 15.6 Å². The first-order valence-electron chi connectivity index (χ1n) is 10.3. The fraction of sp³-hybridized carbons (Fsp3) is 0.409. The van der Waals surface area contributed by atoms with Gasteiger partial charge in [-0.3, -0.25) is 15.2 Å². The van der Waals surface area contributed by atoms with E-state index in [1.54, 1.807) is 18.2 Å². The summed E-state index contributed by atoms with van der Waals surface area (Å²) < 4.78 is 62.9. The number of benzene rings is 1. The highest BCUT2D eigenvalue weighted by atomic mass is 32.2. The molecule has 0 saturated carbocycles. The van der Waals surface area contributed by atoms with Crippen LogP contribution in [0.1, 0.15) is 53.9 Å². The summed E-state index contributed by atoms with van der Waals surface area (Å²) in [4.78, 5) is 16.2. The van der Waals surface area contributed by atoms with Gasteiger partial charge in [0, 0.05) is 11.9 Å². The fourth-order valence-corrected chi connectivity index (χ4v) is 6.03. The van der Waals surface area contributed by atoms with Crippen molar-refractivity contribution >= 4 is 27.3 Å². The first-order chi connectivity index (χ1) is 15.3. The molecule has 1 fully saturated rings. The Kier molecular flexibility index (Phi) is 5.31. The van der Waals surface area contributed by atoms with Crippen LogP contribution >= 0.6 is 0 Å². The molecule has 1 spiro atoms. The van der Waals surface area contributed by atoms with Crippen LogP contribution in [-0.2, 0) is 28.0 Å². The van der Waals surface area contributed by atoms with Crippen LogP contribution in [0.3, 0.4) is 0 Å². The molecule has 4 rings (SSSR count). The molecule has 7 nitrogen and oxygen atoms in total. The lowest BCUT2D eigenvalue weighted by Gasteiger charge is -2.47. The zero-order valence-electron chi connectivity index (χ0n) is 18.0. The lowest BCUT2D eigenvalue weighted by atomic mass is 9.76. The number of hydrogen-bond donors (Lipinski definition) is 3. The van der Waals surface area contributed by atoms with Crippen molar-refractivity contribution in [2.24, 2.45) is 0 Å². The number of aryl methyl sites for hydroxylation is 1. The number of carbonyl (C=O) groups excluding carboxylic acids is 1. The average molecular weight is 481 g/mol. The van der Waals surface area contributed by atoms with Crippen molar-refractivity contribution in [2.75, 3.05) is 11.1 Å². The van der Waals surface area contributed by atoms with Gasteiger partial charge in [0.05, 0.1) is 16.9 Å². The third kappa shape index (κ3) is 3.98. The van der Waals surface area contributed by atoms with E-state index in [-0.39, 0.29) is 17.3 Å². The van der Waals surface area contributed by atoms with E-state index < -0.39 is 37.8 Å². The third-order valence-corrected chi connectivity index (χ3v) is 9.07. The Hall–Kier alpha value is -2.95. The number of pyridine rings is 1. The molecule has 33 heavy (non-hydrogen) atoms. The van der Waals surface area contributed by atoms with Gasteiger partial charge in [-0.1, -0.05) is 6.07 Å². The summed E-state index contributed by atoms with van der Waals surface area (Å²) in [7, 11) is -3.63. The number of amides is 1. The summed E-state index contributed by atoms with van der Waals surface area (Å²) in [6, 6.07) is 6.91. The van der Waals surface area contributed by atoms with E-state index in [9.17, 15) is 26.4 Å². The number of nitrogens with one attached hydrogen (secondary N) is 3. The highest BCUT2D eigenvalue weighted by Crippen LogP contribution is 2.42. The fourth-order valence-electron chi connectivity index (χ4n) is 4.29. The lowest BCUT2D eigenvalue weighted by molar-refractivity contribution is -0.137. The van der Waals surface area contributed by atoms with Gasteiger partial charge in [0.1, 0.15) is 16.3 Å². The van der Waals surface area contributed by atoms with Crippen LogP contribution in [0.2, 0.25) is 0 Å². The van der Waals surface area contributed by atoms with Crippen LogP contribution in [0.4, 0.5) is 18.9 Å². The highest BCUT2D eigenvalue weighted by molar-refractivity contribution is 7.93. The number of carbonyl (C=O) groups is 1. The molecule has 176 valence electrons. The van der Waals surface area contributed by atoms with Crippen LogP contribution in [-0.4, -0.2) is 35.6 Å². The number of amidine groups is 1. The maximum absolute atomic E-state index is 13.0. The van der Waals surface area contributed by atoms with E-state index in [1.807, 2.05) is 0 Å². The number of halogens is 3. The summed E-state index contributed by atoms with van der Waals surface area (Å²) in [5.41, 5.74) is -0.149. The van der Waals surface area contributed by atoms with Crippen molar-refractivity contribution < 1.29 is 26.4 Å². The molecule has 1 aliphatic heterocycles. The molecule has 1 amide bonds. The minimum Gasteiger partial charge on any atom is -0.362 e. The Bertz CT molecular complexity index is 1240. The average Bonchev–Trinajstić information content (AvgIpc) is 2.72. The topological polar surface area (TPSA) is 112 Å². The summed E-state index contributed by atoms with van der Waals surface area (Å²) in [5, 5.41) is 14.1. The van der Waals surface area contributed by atoms with Gasteiger partial charge in [-0.15, -0.1) is 0 Å². The molecule has 2 aliphatic rings. The normalized spacial score (nSPS) is 23.5. The molecule has 2 heterocycles. The van der Waals surface area contributed by atoms with E-state index >= 15 is 0 Å². The van der Waals surface area contributed by atoms with Gasteiger partial charge in [0.15, 0.2) is 9.84 Å². The van der Waals surface area contributed by atoms with E-state index in [4.69, 9.17) is 5.41 Å². The Morgan fingerprint density at radius 1 is 1.21 bits per heavy atom. The summed E-state index contributed by atoms with van der Waals surface area (Å²) in [6.45, 7) is 3.00. The molecule has 0 bridgehead atoms. The largest absolute Gasteiger partial charge is 0.417 e. The number of hydrogen-bond acceptors (Lipinski definition) is 5. The molecular formula is C22H23F3N4O3S. The number of anilines is 1. The van der Waals surface area contributed by atoms with Gasteiger partial charge in [0.25, 0.3) is 5.91 Å². The molecular weight excluding hydrogens is 457 g/mol. The number of alkyl halides is 3. The minimum atomic E-state index is -4.55. The quantitative estimate of drug-likeness (QED) is 0.608. The molecule has 1 saturated heterocycles. The molecule has 1 aliphatic carbocycles. The second-order valence-electron chi connectivity index (χ2n) is 8.96. The van der Waals surface area contributed by atoms with E-state index in [0.29, 0.717) is 23.9 Å². The first kappa shape index (κ1) is 23.2. The first-order valence-corrected chi connectivity index (χ1v) is 12.0. The van der Waals surface area contributed by atoms with E-state index in [1.165, 1.54) is 13.8 Å². The second kappa shape index (κ2) is 7.54. The summed E-state index contributed by atoms with van der Waals surface area (Å²) in [6.07, 6.45) is -1.98. The zero-order valence-corrected chi connectivity index (χ0v) is 18.8. The van der Waals surface area contributed by atoms with Crippen molar-refractivity contribution in [3.63, 3.8) is 0 Å². The Morgan fingerprint density at radius 2 is 1.94 bits per heavy atom. The zero-order chi connectivity index (χ0) is 24.2. The Labute approximate surface area is 189 Å². The molecule has 0 unspecified atom stereocenters. The number of aromatic nitrogens is 1. The Morgan fingerprint density at radius 3 is 2.55 bits per heavy atom. The second-order valence-corrected chi connectivity index (χ2v) is 11.5. The SMILES string of the molecule is CC1(C)C(=N)N[C@@]2(CCCc3ccc(NC(=O)c4ccc(C(F)(F)F)cn4)cc32)CS1(=O)=O. The predicted molar refractivity (Wildman–Crippen MR) is 117 cm³/mol. The maximum Gasteiger partial charge on any atom is 0.417 e. The molecule has 1 atom stereocenters. The van der Waals surface area contributed by atoms with Crippen molar-refractivity contribution in [3.8, 4) is 0 Å². The maximum atomic E-state index is 13.0. The molecule has 2 aromatic rings. The molecule has 11 heteroatoms. The molecule has 1 aromatic heterocycles. The third-order valence-electron chi connectivity index (χ3n) is 6.44. The van der Waals surface area contributed by atoms with Crippen LogP contribution < -0.4 is 10.6 Å². The van der Waals surface area contributed by atoms with Gasteiger partial charge in [-0.05, 0) is 68.5 Å². The van der Waals surface area contributed by atoms with Gasteiger partial charge < -0.3 is 10.6 Å². The van der Waals surface area contributed by atoms with Crippen molar-refractivity contribution in [3.05, 3.63) is 58.9 Å². The van der Waals surface area contributed by atoms with Gasteiger partial charge in [-0.25, -0.2) is 8.42 Å². The number of sulfone groups is 1. The van der Waals surface area contributed by atoms with Crippen LogP contribution in [0, 0.1) is 5.41 Å². The molecule has 1 aromatic carbocycles. The number of rotatable bonds is 2. The van der Waals surface area contributed by atoms with E-state index in [0.717, 1.165) is 30.5 Å². The smallest absolute Gasteiger partial charge is 0.362 e. The standard InChI is InChI=1S/C22H23F3N4O3S/c1-20(2)19(26)29-21(12-33(20,31)32)9-3-4-13-5-7-15(10-16(13)21)28-18(30)17-8-6-14(11-27-17)22(23,24)25/h5-8,10-11H,3-4,9,12H2,1-2H3,(H2,26,29)(H,28,30)/t21-/m0/s1. The predicted octanol–water partition coefficient (Wildman–Crippen LogP) is 3.66. The summed E-state index contributed by atoms with van der Waals surface area (Å²) in [5.74, 6) is -0.947.